The van der Waals surface area contributed by atoms with Gasteiger partial charge in [0.25, 0.3) is 5.56 Å². The Bertz CT molecular complexity index is 622. The average molecular weight is 223 g/mol. The molecule has 0 aliphatic carbocycles. The summed E-state index contributed by atoms with van der Waals surface area (Å²) in [6, 6.07) is 0. The highest BCUT2D eigenvalue weighted by molar-refractivity contribution is 5.30. The molecule has 0 radical (unpaired) electrons. The third-order valence-electron chi connectivity index (χ3n) is 1.90. The van der Waals surface area contributed by atoms with Gasteiger partial charge in [-0.2, -0.15) is 4.80 Å². The van der Waals surface area contributed by atoms with Crippen molar-refractivity contribution in [2.75, 3.05) is 5.73 Å². The van der Waals surface area contributed by atoms with Gasteiger partial charge in [0.2, 0.25) is 0 Å². The van der Waals surface area contributed by atoms with Crippen molar-refractivity contribution in [2.45, 2.75) is 6.54 Å². The summed E-state index contributed by atoms with van der Waals surface area (Å²) in [5, 5.41) is 11.2. The molecule has 2 aromatic rings. The maximum atomic E-state index is 11.4. The van der Waals surface area contributed by atoms with E-state index in [1.54, 1.807) is 7.05 Å². The number of nitrogen functional groups attached to an aromatic ring is 1. The van der Waals surface area contributed by atoms with E-state index in [2.05, 4.69) is 20.4 Å². The minimum Gasteiger partial charge on any atom is -0.393 e. The number of H-pyrrole nitrogens is 1. The molecule has 84 valence electrons. The van der Waals surface area contributed by atoms with Crippen molar-refractivity contribution in [1.29, 1.82) is 0 Å². The molecule has 0 fully saturated rings. The Hall–Kier alpha value is -2.45. The normalized spacial score (nSPS) is 10.6. The Balaban J connectivity index is 2.39. The number of aryl methyl sites for hydroxylation is 1. The fourth-order valence-electron chi connectivity index (χ4n) is 1.18. The second-order valence-electron chi connectivity index (χ2n) is 3.17. The van der Waals surface area contributed by atoms with Crippen LogP contribution in [0.15, 0.2) is 15.8 Å². The largest absolute Gasteiger partial charge is 0.393 e. The van der Waals surface area contributed by atoms with E-state index in [-0.39, 0.29) is 12.2 Å². The average Bonchev–Trinajstić information content (AvgIpc) is 2.60. The highest BCUT2D eigenvalue weighted by Gasteiger charge is 2.05. The molecule has 16 heavy (non-hydrogen) atoms. The number of nitrogens with zero attached hydrogens (tertiary/aromatic N) is 5. The smallest absolute Gasteiger partial charge is 0.328 e. The van der Waals surface area contributed by atoms with E-state index < -0.39 is 11.2 Å². The summed E-state index contributed by atoms with van der Waals surface area (Å²) in [7, 11) is 1.61. The second kappa shape index (κ2) is 3.61. The fourth-order valence-corrected chi connectivity index (χ4v) is 1.18. The van der Waals surface area contributed by atoms with Gasteiger partial charge in [-0.3, -0.25) is 14.3 Å². The fraction of sp³-hybridized carbons (Fsp3) is 0.286. The van der Waals surface area contributed by atoms with Gasteiger partial charge in [-0.05, 0) is 5.21 Å². The molecule has 2 aromatic heterocycles. The molecule has 0 atom stereocenters. The molecule has 0 unspecified atom stereocenters. The van der Waals surface area contributed by atoms with Crippen LogP contribution in [0.1, 0.15) is 5.82 Å². The van der Waals surface area contributed by atoms with Crippen molar-refractivity contribution >= 4 is 5.69 Å². The number of anilines is 1. The van der Waals surface area contributed by atoms with Crippen molar-refractivity contribution in [3.8, 4) is 0 Å². The molecule has 0 spiro atoms. The van der Waals surface area contributed by atoms with Crippen LogP contribution in [0, 0.1) is 0 Å². The third-order valence-corrected chi connectivity index (χ3v) is 1.90. The minimum atomic E-state index is -0.603. The maximum absolute atomic E-state index is 11.4. The van der Waals surface area contributed by atoms with E-state index in [0.717, 1.165) is 0 Å². The first-order valence-electron chi connectivity index (χ1n) is 4.38. The molecule has 9 heteroatoms. The second-order valence-corrected chi connectivity index (χ2v) is 3.17. The van der Waals surface area contributed by atoms with Crippen LogP contribution >= 0.6 is 0 Å². The van der Waals surface area contributed by atoms with Crippen LogP contribution in [0.2, 0.25) is 0 Å². The molecule has 0 saturated heterocycles. The molecular weight excluding hydrogens is 214 g/mol. The summed E-state index contributed by atoms with van der Waals surface area (Å²) < 4.78 is 1.20. The molecule has 2 heterocycles. The summed E-state index contributed by atoms with van der Waals surface area (Å²) in [5.74, 6) is 0.357. The zero-order valence-electron chi connectivity index (χ0n) is 8.41. The molecule has 0 bridgehead atoms. The van der Waals surface area contributed by atoms with Gasteiger partial charge < -0.3 is 5.73 Å². The molecular formula is C7H9N7O2. The first-order chi connectivity index (χ1) is 7.56. The number of nitrogens with one attached hydrogen (secondary N) is 1. The Morgan fingerprint density at radius 3 is 2.88 bits per heavy atom. The van der Waals surface area contributed by atoms with Gasteiger partial charge in [-0.15, -0.1) is 10.2 Å². The summed E-state index contributed by atoms with van der Waals surface area (Å²) in [6.07, 6.45) is 1.25. The Morgan fingerprint density at radius 1 is 1.50 bits per heavy atom. The number of rotatable bonds is 2. The van der Waals surface area contributed by atoms with Crippen molar-refractivity contribution in [3.05, 3.63) is 32.9 Å². The Kier molecular flexibility index (Phi) is 2.27. The van der Waals surface area contributed by atoms with Crippen LogP contribution in [0.3, 0.4) is 0 Å². The number of aromatic amines is 1. The van der Waals surface area contributed by atoms with Crippen LogP contribution in [0.5, 0.6) is 0 Å². The minimum absolute atomic E-state index is 0.0384. The lowest BCUT2D eigenvalue weighted by Crippen LogP contribution is -2.31. The molecule has 0 amide bonds. The summed E-state index contributed by atoms with van der Waals surface area (Å²) in [5.41, 5.74) is 4.18. The van der Waals surface area contributed by atoms with Gasteiger partial charge in [-0.1, -0.05) is 0 Å². The summed E-state index contributed by atoms with van der Waals surface area (Å²) in [6.45, 7) is 0.105. The zero-order valence-corrected chi connectivity index (χ0v) is 8.41. The van der Waals surface area contributed by atoms with Crippen molar-refractivity contribution in [2.24, 2.45) is 7.05 Å². The van der Waals surface area contributed by atoms with Gasteiger partial charge in [0, 0.05) is 6.20 Å². The zero-order chi connectivity index (χ0) is 11.7. The van der Waals surface area contributed by atoms with E-state index in [4.69, 9.17) is 5.73 Å². The number of nitrogens with two attached hydrogens (primary N) is 1. The Labute approximate surface area is 88.5 Å². The van der Waals surface area contributed by atoms with Crippen molar-refractivity contribution in [3.63, 3.8) is 0 Å². The van der Waals surface area contributed by atoms with E-state index in [1.807, 2.05) is 0 Å². The molecule has 2 rings (SSSR count). The van der Waals surface area contributed by atoms with Gasteiger partial charge >= 0.3 is 5.69 Å². The monoisotopic (exact) mass is 223 g/mol. The molecule has 0 saturated carbocycles. The van der Waals surface area contributed by atoms with Gasteiger partial charge in [0.15, 0.2) is 5.82 Å². The number of tetrazole rings is 1. The Morgan fingerprint density at radius 2 is 2.25 bits per heavy atom. The maximum Gasteiger partial charge on any atom is 0.328 e. The third kappa shape index (κ3) is 1.82. The highest BCUT2D eigenvalue weighted by atomic mass is 16.2. The molecule has 3 N–H and O–H groups in total. The highest BCUT2D eigenvalue weighted by Crippen LogP contribution is 1.92. The number of hydrogen-bond donors (Lipinski definition) is 2. The van der Waals surface area contributed by atoms with Crippen LogP contribution < -0.4 is 17.0 Å². The number of aromatic nitrogens is 6. The van der Waals surface area contributed by atoms with Crippen LogP contribution in [-0.2, 0) is 13.6 Å². The van der Waals surface area contributed by atoms with E-state index in [1.165, 1.54) is 15.6 Å². The summed E-state index contributed by atoms with van der Waals surface area (Å²) >= 11 is 0. The summed E-state index contributed by atoms with van der Waals surface area (Å²) in [4.78, 5) is 25.7. The standard InChI is InChI=1S/C7H9N7O2/c1-13-11-5(10-12-13)3-14-2-4(8)6(15)9-7(14)16/h2H,3,8H2,1H3,(H,9,15,16). The van der Waals surface area contributed by atoms with Crippen LogP contribution in [0.4, 0.5) is 5.69 Å². The van der Waals surface area contributed by atoms with Gasteiger partial charge in [-0.25, -0.2) is 4.79 Å². The predicted molar refractivity (Wildman–Crippen MR) is 53.6 cm³/mol. The molecule has 9 nitrogen and oxygen atoms in total. The van der Waals surface area contributed by atoms with E-state index in [9.17, 15) is 9.59 Å². The first-order valence-corrected chi connectivity index (χ1v) is 4.38. The van der Waals surface area contributed by atoms with Crippen molar-refractivity contribution in [1.82, 2.24) is 29.8 Å². The topological polar surface area (TPSA) is 124 Å². The lowest BCUT2D eigenvalue weighted by molar-refractivity contribution is 0.622. The van der Waals surface area contributed by atoms with Crippen LogP contribution in [-0.4, -0.2) is 29.8 Å². The van der Waals surface area contributed by atoms with E-state index in [0.29, 0.717) is 5.82 Å². The van der Waals surface area contributed by atoms with Gasteiger partial charge in [0.05, 0.1) is 13.6 Å². The lowest BCUT2D eigenvalue weighted by atomic mass is 10.5. The lowest BCUT2D eigenvalue weighted by Gasteiger charge is -2.01. The molecule has 0 aliphatic rings. The van der Waals surface area contributed by atoms with Crippen LogP contribution in [0.25, 0.3) is 0 Å². The SMILES string of the molecule is Cn1nnc(Cn2cc(N)c(=O)[nH]c2=O)n1. The van der Waals surface area contributed by atoms with E-state index >= 15 is 0 Å². The molecule has 0 aliphatic heterocycles. The number of hydrogen-bond acceptors (Lipinski definition) is 6. The van der Waals surface area contributed by atoms with Gasteiger partial charge in [0.1, 0.15) is 5.69 Å². The molecule has 0 aromatic carbocycles. The predicted octanol–water partition coefficient (Wildman–Crippen LogP) is -2.31. The first kappa shape index (κ1) is 10.1. The van der Waals surface area contributed by atoms with Crippen molar-refractivity contribution < 1.29 is 0 Å². The quantitative estimate of drug-likeness (QED) is 0.589.